The number of amides is 1. The summed E-state index contributed by atoms with van der Waals surface area (Å²) in [6.07, 6.45) is 0. The fourth-order valence-corrected chi connectivity index (χ4v) is 1.67. The molecule has 1 amide bonds. The first-order valence-corrected chi connectivity index (χ1v) is 4.81. The molecule has 0 bridgehead atoms. The van der Waals surface area contributed by atoms with Crippen molar-refractivity contribution in [2.75, 3.05) is 40.3 Å². The predicted octanol–water partition coefficient (Wildman–Crippen LogP) is -0.632. The molecule has 1 aliphatic rings. The molecule has 13 heavy (non-hydrogen) atoms. The van der Waals surface area contributed by atoms with E-state index in [0.29, 0.717) is 12.6 Å². The molecule has 0 aromatic rings. The Kier molecular flexibility index (Phi) is 3.69. The highest BCUT2D eigenvalue weighted by molar-refractivity contribution is 5.79. The minimum atomic E-state index is 0.230. The van der Waals surface area contributed by atoms with Gasteiger partial charge in [0.15, 0.2) is 0 Å². The monoisotopic (exact) mass is 185 g/mol. The lowest BCUT2D eigenvalue weighted by molar-refractivity contribution is -0.137. The zero-order chi connectivity index (χ0) is 9.84. The molecule has 0 radical (unpaired) electrons. The van der Waals surface area contributed by atoms with Gasteiger partial charge in [-0.1, -0.05) is 6.92 Å². The van der Waals surface area contributed by atoms with Crippen LogP contribution in [0.3, 0.4) is 0 Å². The third-order valence-corrected chi connectivity index (χ3v) is 2.66. The molecule has 4 nitrogen and oxygen atoms in total. The molecule has 0 aliphatic carbocycles. The third-order valence-electron chi connectivity index (χ3n) is 2.66. The minimum absolute atomic E-state index is 0.230. The van der Waals surface area contributed by atoms with E-state index in [9.17, 15) is 4.79 Å². The number of carbonyl (C=O) groups excluding carboxylic acids is 1. The second-order valence-corrected chi connectivity index (χ2v) is 3.54. The van der Waals surface area contributed by atoms with Gasteiger partial charge in [0.1, 0.15) is 0 Å². The summed E-state index contributed by atoms with van der Waals surface area (Å²) >= 11 is 0. The fourth-order valence-electron chi connectivity index (χ4n) is 1.67. The third kappa shape index (κ3) is 2.42. The predicted molar refractivity (Wildman–Crippen MR) is 52.6 cm³/mol. The van der Waals surface area contributed by atoms with Crippen LogP contribution in [-0.2, 0) is 4.79 Å². The van der Waals surface area contributed by atoms with Crippen molar-refractivity contribution in [3.63, 3.8) is 0 Å². The van der Waals surface area contributed by atoms with Crippen molar-refractivity contribution in [2.45, 2.75) is 13.0 Å². The van der Waals surface area contributed by atoms with Crippen LogP contribution in [-0.4, -0.2) is 62.0 Å². The molecule has 1 unspecified atom stereocenters. The highest BCUT2D eigenvalue weighted by atomic mass is 16.2. The molecule has 0 spiro atoms. The van der Waals surface area contributed by atoms with Crippen LogP contribution in [0.2, 0.25) is 0 Å². The summed E-state index contributed by atoms with van der Waals surface area (Å²) in [7, 11) is 3.81. The molecule has 1 rings (SSSR count). The summed E-state index contributed by atoms with van der Waals surface area (Å²) in [4.78, 5) is 15.5. The molecular formula is C9H19N3O. The van der Waals surface area contributed by atoms with Gasteiger partial charge >= 0.3 is 0 Å². The van der Waals surface area contributed by atoms with Crippen LogP contribution in [0.25, 0.3) is 0 Å². The van der Waals surface area contributed by atoms with Crippen LogP contribution >= 0.6 is 0 Å². The van der Waals surface area contributed by atoms with E-state index in [4.69, 9.17) is 0 Å². The molecule has 1 saturated heterocycles. The molecule has 1 aliphatic heterocycles. The molecule has 0 saturated carbocycles. The van der Waals surface area contributed by atoms with Crippen LogP contribution < -0.4 is 5.32 Å². The van der Waals surface area contributed by atoms with Crippen LogP contribution in [0.5, 0.6) is 0 Å². The largest absolute Gasteiger partial charge is 0.339 e. The van der Waals surface area contributed by atoms with Gasteiger partial charge in [-0.2, -0.15) is 0 Å². The fraction of sp³-hybridized carbons (Fsp3) is 0.889. The maximum Gasteiger partial charge on any atom is 0.236 e. The van der Waals surface area contributed by atoms with E-state index in [1.165, 1.54) is 0 Å². The van der Waals surface area contributed by atoms with Crippen LogP contribution in [0.4, 0.5) is 0 Å². The minimum Gasteiger partial charge on any atom is -0.339 e. The van der Waals surface area contributed by atoms with Crippen molar-refractivity contribution in [3.05, 3.63) is 0 Å². The first kappa shape index (κ1) is 10.5. The van der Waals surface area contributed by atoms with Gasteiger partial charge in [-0.15, -0.1) is 0 Å². The van der Waals surface area contributed by atoms with Crippen LogP contribution in [0.1, 0.15) is 6.92 Å². The first-order valence-electron chi connectivity index (χ1n) is 4.81. The number of likely N-dealkylation sites (N-methyl/N-ethyl adjacent to an activating group) is 3. The Morgan fingerprint density at radius 3 is 2.85 bits per heavy atom. The van der Waals surface area contributed by atoms with Gasteiger partial charge in [0, 0.05) is 20.1 Å². The van der Waals surface area contributed by atoms with E-state index in [0.717, 1.165) is 19.6 Å². The molecular weight excluding hydrogens is 166 g/mol. The number of carbonyl (C=O) groups is 1. The SMILES string of the molecule is CCN1CC(=O)N(C)C(CNC)C1. The molecule has 0 aromatic carbocycles. The van der Waals surface area contributed by atoms with E-state index in [-0.39, 0.29) is 5.91 Å². The highest BCUT2D eigenvalue weighted by Crippen LogP contribution is 2.07. The summed E-state index contributed by atoms with van der Waals surface area (Å²) < 4.78 is 0. The topological polar surface area (TPSA) is 35.6 Å². The van der Waals surface area contributed by atoms with Gasteiger partial charge in [-0.3, -0.25) is 9.69 Å². The molecule has 1 N–H and O–H groups in total. The smallest absolute Gasteiger partial charge is 0.236 e. The lowest BCUT2D eigenvalue weighted by atomic mass is 10.1. The summed E-state index contributed by atoms with van der Waals surface area (Å²) in [5, 5.41) is 3.11. The first-order chi connectivity index (χ1) is 6.19. The molecule has 4 heteroatoms. The Balaban J connectivity index is 2.55. The Hall–Kier alpha value is -0.610. The normalized spacial score (nSPS) is 25.3. The number of hydrogen-bond acceptors (Lipinski definition) is 3. The van der Waals surface area contributed by atoms with E-state index in [1.54, 1.807) is 0 Å². The number of piperazine rings is 1. The summed E-state index contributed by atoms with van der Waals surface area (Å²) in [6.45, 7) is 5.49. The zero-order valence-corrected chi connectivity index (χ0v) is 8.71. The van der Waals surface area contributed by atoms with Gasteiger partial charge in [-0.05, 0) is 13.6 Å². The van der Waals surface area contributed by atoms with E-state index < -0.39 is 0 Å². The van der Waals surface area contributed by atoms with E-state index >= 15 is 0 Å². The molecule has 1 fully saturated rings. The Morgan fingerprint density at radius 1 is 1.62 bits per heavy atom. The standard InChI is InChI=1S/C9H19N3O/c1-4-12-6-8(5-10-2)11(3)9(13)7-12/h8,10H,4-7H2,1-3H3. The van der Waals surface area contributed by atoms with E-state index in [1.807, 2.05) is 19.0 Å². The van der Waals surface area contributed by atoms with Crippen LogP contribution in [0, 0.1) is 0 Å². The van der Waals surface area contributed by atoms with Crippen molar-refractivity contribution in [1.29, 1.82) is 0 Å². The van der Waals surface area contributed by atoms with Crippen molar-refractivity contribution in [2.24, 2.45) is 0 Å². The van der Waals surface area contributed by atoms with Crippen molar-refractivity contribution in [1.82, 2.24) is 15.1 Å². The average Bonchev–Trinajstić information content (AvgIpc) is 2.13. The zero-order valence-electron chi connectivity index (χ0n) is 8.71. The number of hydrogen-bond donors (Lipinski definition) is 1. The Labute approximate surface area is 79.9 Å². The lowest BCUT2D eigenvalue weighted by Crippen LogP contribution is -2.57. The lowest BCUT2D eigenvalue weighted by Gasteiger charge is -2.38. The molecule has 76 valence electrons. The number of nitrogens with one attached hydrogen (secondary N) is 1. The Bertz CT molecular complexity index is 184. The Morgan fingerprint density at radius 2 is 2.31 bits per heavy atom. The summed E-state index contributed by atoms with van der Waals surface area (Å²) in [6, 6.07) is 0.325. The van der Waals surface area contributed by atoms with Crippen molar-refractivity contribution in [3.8, 4) is 0 Å². The summed E-state index contributed by atoms with van der Waals surface area (Å²) in [5.74, 6) is 0.230. The maximum absolute atomic E-state index is 11.5. The average molecular weight is 185 g/mol. The quantitative estimate of drug-likeness (QED) is 0.636. The molecule has 0 aromatic heterocycles. The van der Waals surface area contributed by atoms with Crippen molar-refractivity contribution < 1.29 is 4.79 Å². The van der Waals surface area contributed by atoms with Crippen molar-refractivity contribution >= 4 is 5.91 Å². The molecule has 1 heterocycles. The van der Waals surface area contributed by atoms with Gasteiger partial charge < -0.3 is 10.2 Å². The maximum atomic E-state index is 11.5. The van der Waals surface area contributed by atoms with Crippen LogP contribution in [0.15, 0.2) is 0 Å². The highest BCUT2D eigenvalue weighted by Gasteiger charge is 2.28. The van der Waals surface area contributed by atoms with Gasteiger partial charge in [0.2, 0.25) is 5.91 Å². The van der Waals surface area contributed by atoms with Gasteiger partial charge in [0.05, 0.1) is 12.6 Å². The molecule has 1 atom stereocenters. The van der Waals surface area contributed by atoms with Gasteiger partial charge in [0.25, 0.3) is 0 Å². The van der Waals surface area contributed by atoms with Gasteiger partial charge in [-0.25, -0.2) is 0 Å². The number of rotatable bonds is 3. The summed E-state index contributed by atoms with van der Waals surface area (Å²) in [5.41, 5.74) is 0. The van der Waals surface area contributed by atoms with E-state index in [2.05, 4.69) is 17.1 Å². The second kappa shape index (κ2) is 4.58. The number of nitrogens with zero attached hydrogens (tertiary/aromatic N) is 2. The second-order valence-electron chi connectivity index (χ2n) is 3.54.